The first kappa shape index (κ1) is 10.9. The van der Waals surface area contributed by atoms with Gasteiger partial charge in [0, 0.05) is 18.9 Å². The van der Waals surface area contributed by atoms with Crippen LogP contribution in [0.3, 0.4) is 0 Å². The van der Waals surface area contributed by atoms with Gasteiger partial charge in [0.2, 0.25) is 0 Å². The van der Waals surface area contributed by atoms with E-state index in [1.165, 1.54) is 0 Å². The van der Waals surface area contributed by atoms with Gasteiger partial charge in [-0.15, -0.1) is 0 Å². The van der Waals surface area contributed by atoms with Crippen LogP contribution in [0.2, 0.25) is 0 Å². The van der Waals surface area contributed by atoms with E-state index in [4.69, 9.17) is 4.42 Å². The van der Waals surface area contributed by atoms with Crippen LogP contribution in [0.25, 0.3) is 6.01 Å². The summed E-state index contributed by atoms with van der Waals surface area (Å²) in [5.41, 5.74) is 0.895. The normalized spacial score (nSPS) is 11.2. The van der Waals surface area contributed by atoms with Gasteiger partial charge < -0.3 is 9.73 Å². The lowest BCUT2D eigenvalue weighted by Gasteiger charge is -2.04. The number of hydrogen-bond donors (Lipinski definition) is 1. The lowest BCUT2D eigenvalue weighted by molar-refractivity contribution is 0.508. The van der Waals surface area contributed by atoms with Crippen molar-refractivity contribution in [1.82, 2.24) is 20.1 Å². The number of oxazole rings is 1. The molecule has 2 aromatic heterocycles. The maximum Gasteiger partial charge on any atom is 0.322 e. The molecule has 2 aromatic rings. The van der Waals surface area contributed by atoms with Gasteiger partial charge in [-0.3, -0.25) is 0 Å². The summed E-state index contributed by atoms with van der Waals surface area (Å²) in [6.07, 6.45) is 5.16. The van der Waals surface area contributed by atoms with Crippen LogP contribution in [-0.2, 0) is 6.54 Å². The Hall–Kier alpha value is -1.62. The lowest BCUT2D eigenvalue weighted by atomic mass is 10.2. The molecule has 0 radical (unpaired) electrons. The van der Waals surface area contributed by atoms with Crippen molar-refractivity contribution in [3.63, 3.8) is 0 Å². The molecule has 0 amide bonds. The van der Waals surface area contributed by atoms with Crippen molar-refractivity contribution in [3.8, 4) is 6.01 Å². The predicted molar refractivity (Wildman–Crippen MR) is 60.2 cm³/mol. The summed E-state index contributed by atoms with van der Waals surface area (Å²) in [6, 6.07) is 2.34. The van der Waals surface area contributed by atoms with Crippen molar-refractivity contribution in [2.45, 2.75) is 20.4 Å². The van der Waals surface area contributed by atoms with E-state index in [1.54, 1.807) is 23.3 Å². The van der Waals surface area contributed by atoms with Crippen LogP contribution in [0.4, 0.5) is 0 Å². The average molecular weight is 220 g/mol. The highest BCUT2D eigenvalue weighted by Gasteiger charge is 2.05. The molecular weight excluding hydrogens is 204 g/mol. The number of nitrogens with one attached hydrogen (secondary N) is 1. The Bertz CT molecular complexity index is 419. The molecule has 2 rings (SSSR count). The minimum Gasteiger partial charge on any atom is -0.430 e. The Labute approximate surface area is 94.5 Å². The van der Waals surface area contributed by atoms with Crippen LogP contribution in [0.5, 0.6) is 0 Å². The molecule has 0 aliphatic heterocycles. The molecule has 0 saturated heterocycles. The molecule has 0 spiro atoms. The van der Waals surface area contributed by atoms with E-state index < -0.39 is 0 Å². The fraction of sp³-hybridized carbons (Fsp3) is 0.455. The van der Waals surface area contributed by atoms with Crippen molar-refractivity contribution >= 4 is 0 Å². The van der Waals surface area contributed by atoms with Crippen LogP contribution in [0.1, 0.15) is 19.5 Å². The summed E-state index contributed by atoms with van der Waals surface area (Å²) in [5.74, 6) is 0.637. The molecule has 16 heavy (non-hydrogen) atoms. The van der Waals surface area contributed by atoms with Crippen molar-refractivity contribution in [2.75, 3.05) is 6.54 Å². The van der Waals surface area contributed by atoms with Crippen molar-refractivity contribution in [3.05, 3.63) is 30.4 Å². The second-order valence-corrected chi connectivity index (χ2v) is 4.10. The van der Waals surface area contributed by atoms with Gasteiger partial charge in [-0.25, -0.2) is 0 Å². The first-order chi connectivity index (χ1) is 7.75. The number of aromatic nitrogens is 3. The van der Waals surface area contributed by atoms with E-state index in [1.807, 2.05) is 6.07 Å². The fourth-order valence-corrected chi connectivity index (χ4v) is 1.35. The van der Waals surface area contributed by atoms with Crippen LogP contribution in [0, 0.1) is 5.92 Å². The summed E-state index contributed by atoms with van der Waals surface area (Å²) in [7, 11) is 0. The van der Waals surface area contributed by atoms with Gasteiger partial charge in [0.1, 0.15) is 6.26 Å². The molecule has 0 unspecified atom stereocenters. The van der Waals surface area contributed by atoms with Crippen LogP contribution < -0.4 is 5.32 Å². The van der Waals surface area contributed by atoms with Gasteiger partial charge in [0.15, 0.2) is 0 Å². The standard InChI is InChI=1S/C11H16N4O/c1-9(2)6-12-7-10-8-16-11(14-10)15-5-3-4-13-15/h3-5,8-9,12H,6-7H2,1-2H3. The average Bonchev–Trinajstić information content (AvgIpc) is 2.85. The van der Waals surface area contributed by atoms with Crippen molar-refractivity contribution in [2.24, 2.45) is 5.92 Å². The highest BCUT2D eigenvalue weighted by atomic mass is 16.4. The molecule has 5 nitrogen and oxygen atoms in total. The summed E-state index contributed by atoms with van der Waals surface area (Å²) in [5, 5.41) is 7.36. The van der Waals surface area contributed by atoms with Crippen molar-refractivity contribution < 1.29 is 4.42 Å². The monoisotopic (exact) mass is 220 g/mol. The molecule has 0 aliphatic carbocycles. The summed E-state index contributed by atoms with van der Waals surface area (Å²) in [6.45, 7) is 6.04. The summed E-state index contributed by atoms with van der Waals surface area (Å²) >= 11 is 0. The third-order valence-corrected chi connectivity index (χ3v) is 2.10. The third-order valence-electron chi connectivity index (χ3n) is 2.10. The molecule has 0 fully saturated rings. The van der Waals surface area contributed by atoms with Gasteiger partial charge in [0.25, 0.3) is 0 Å². The van der Waals surface area contributed by atoms with E-state index in [0.717, 1.165) is 18.8 Å². The van der Waals surface area contributed by atoms with Crippen LogP contribution in [-0.4, -0.2) is 21.3 Å². The molecule has 0 aliphatic rings. The second kappa shape index (κ2) is 4.94. The second-order valence-electron chi connectivity index (χ2n) is 4.10. The van der Waals surface area contributed by atoms with Gasteiger partial charge in [-0.05, 0) is 18.5 Å². The van der Waals surface area contributed by atoms with Gasteiger partial charge in [-0.1, -0.05) is 13.8 Å². The number of hydrogen-bond acceptors (Lipinski definition) is 4. The van der Waals surface area contributed by atoms with Gasteiger partial charge >= 0.3 is 6.01 Å². The van der Waals surface area contributed by atoms with E-state index >= 15 is 0 Å². The fourth-order valence-electron chi connectivity index (χ4n) is 1.35. The maximum absolute atomic E-state index is 5.32. The SMILES string of the molecule is CC(C)CNCc1coc(-n2cccn2)n1. The highest BCUT2D eigenvalue weighted by molar-refractivity contribution is 5.08. The first-order valence-electron chi connectivity index (χ1n) is 5.41. The molecule has 2 heterocycles. The third kappa shape index (κ3) is 2.70. The molecule has 0 atom stereocenters. The molecule has 0 bridgehead atoms. The Morgan fingerprint density at radius 2 is 2.38 bits per heavy atom. The van der Waals surface area contributed by atoms with E-state index in [-0.39, 0.29) is 0 Å². The number of nitrogens with zero attached hydrogens (tertiary/aromatic N) is 3. The zero-order valence-corrected chi connectivity index (χ0v) is 9.55. The Kier molecular flexibility index (Phi) is 3.36. The maximum atomic E-state index is 5.32. The number of rotatable bonds is 5. The van der Waals surface area contributed by atoms with E-state index in [0.29, 0.717) is 11.9 Å². The van der Waals surface area contributed by atoms with Crippen LogP contribution >= 0.6 is 0 Å². The summed E-state index contributed by atoms with van der Waals surface area (Å²) < 4.78 is 6.92. The molecule has 1 N–H and O–H groups in total. The first-order valence-corrected chi connectivity index (χ1v) is 5.41. The smallest absolute Gasteiger partial charge is 0.322 e. The summed E-state index contributed by atoms with van der Waals surface area (Å²) in [4.78, 5) is 4.32. The molecular formula is C11H16N4O. The Morgan fingerprint density at radius 3 is 3.06 bits per heavy atom. The minimum atomic E-state index is 0.506. The minimum absolute atomic E-state index is 0.506. The molecule has 86 valence electrons. The quantitative estimate of drug-likeness (QED) is 0.831. The largest absolute Gasteiger partial charge is 0.430 e. The molecule has 0 aromatic carbocycles. The topological polar surface area (TPSA) is 55.9 Å². The Balaban J connectivity index is 1.93. The zero-order chi connectivity index (χ0) is 11.4. The lowest BCUT2D eigenvalue weighted by Crippen LogP contribution is -2.19. The van der Waals surface area contributed by atoms with Gasteiger partial charge in [0.05, 0.1) is 5.69 Å². The van der Waals surface area contributed by atoms with Gasteiger partial charge in [-0.2, -0.15) is 14.8 Å². The molecule has 0 saturated carbocycles. The Morgan fingerprint density at radius 1 is 1.50 bits per heavy atom. The van der Waals surface area contributed by atoms with Crippen molar-refractivity contribution in [1.29, 1.82) is 0 Å². The van der Waals surface area contributed by atoms with E-state index in [9.17, 15) is 0 Å². The molecule has 5 heteroatoms. The van der Waals surface area contributed by atoms with E-state index in [2.05, 4.69) is 29.2 Å². The van der Waals surface area contributed by atoms with Crippen LogP contribution in [0.15, 0.2) is 29.1 Å². The zero-order valence-electron chi connectivity index (χ0n) is 9.55. The predicted octanol–water partition coefficient (Wildman–Crippen LogP) is 1.61. The highest BCUT2D eigenvalue weighted by Crippen LogP contribution is 2.06.